The van der Waals surface area contributed by atoms with Crippen LogP contribution < -0.4 is 5.73 Å². The van der Waals surface area contributed by atoms with Crippen LogP contribution in [0.5, 0.6) is 0 Å². The van der Waals surface area contributed by atoms with Crippen LogP contribution in [0.15, 0.2) is 17.0 Å². The second-order valence-corrected chi connectivity index (χ2v) is 4.47. The summed E-state index contributed by atoms with van der Waals surface area (Å²) in [6.45, 7) is 0. The first-order valence-electron chi connectivity index (χ1n) is 3.98. The molecule has 2 nitrogen and oxygen atoms in total. The molecule has 0 saturated heterocycles. The van der Waals surface area contributed by atoms with E-state index in [0.717, 1.165) is 27.7 Å². The Morgan fingerprint density at radius 1 is 1.54 bits per heavy atom. The molecule has 1 aliphatic heterocycles. The zero-order chi connectivity index (χ0) is 9.42. The molecule has 1 aromatic carbocycles. The summed E-state index contributed by atoms with van der Waals surface area (Å²) in [5.41, 5.74) is 7.35. The first kappa shape index (κ1) is 8.91. The number of thioether (sulfide) groups is 1. The second-order valence-electron chi connectivity index (χ2n) is 2.96. The van der Waals surface area contributed by atoms with Crippen molar-refractivity contribution >= 4 is 29.2 Å². The fourth-order valence-corrected chi connectivity index (χ4v) is 2.89. The van der Waals surface area contributed by atoms with Crippen molar-refractivity contribution in [2.75, 3.05) is 5.75 Å². The molecule has 0 saturated carbocycles. The standard InChI is InChI=1S/C9H9ClN2S/c10-7-4-6(9(11)12)3-5-1-2-13-8(5)7/h3-4H,1-2H2,(H3,11,12). The summed E-state index contributed by atoms with van der Waals surface area (Å²) in [6, 6.07) is 3.73. The maximum absolute atomic E-state index is 7.31. The van der Waals surface area contributed by atoms with Crippen LogP contribution in [0, 0.1) is 5.41 Å². The summed E-state index contributed by atoms with van der Waals surface area (Å²) in [5, 5.41) is 8.03. The van der Waals surface area contributed by atoms with E-state index in [1.807, 2.05) is 6.07 Å². The van der Waals surface area contributed by atoms with Gasteiger partial charge >= 0.3 is 0 Å². The fourth-order valence-electron chi connectivity index (χ4n) is 1.42. The van der Waals surface area contributed by atoms with Gasteiger partial charge in [-0.1, -0.05) is 11.6 Å². The molecule has 0 amide bonds. The van der Waals surface area contributed by atoms with Crippen molar-refractivity contribution in [1.82, 2.24) is 0 Å². The Balaban J connectivity index is 2.55. The first-order chi connectivity index (χ1) is 6.18. The van der Waals surface area contributed by atoms with E-state index in [9.17, 15) is 0 Å². The summed E-state index contributed by atoms with van der Waals surface area (Å²) in [7, 11) is 0. The van der Waals surface area contributed by atoms with E-state index in [0.29, 0.717) is 0 Å². The number of hydrogen-bond donors (Lipinski definition) is 2. The van der Waals surface area contributed by atoms with Gasteiger partial charge in [0.05, 0.1) is 5.02 Å². The molecule has 0 aliphatic carbocycles. The number of nitrogen functional groups attached to an aromatic ring is 1. The van der Waals surface area contributed by atoms with Crippen molar-refractivity contribution in [2.45, 2.75) is 11.3 Å². The molecule has 0 atom stereocenters. The van der Waals surface area contributed by atoms with Gasteiger partial charge in [-0.25, -0.2) is 0 Å². The van der Waals surface area contributed by atoms with Crippen LogP contribution in [0.3, 0.4) is 0 Å². The van der Waals surface area contributed by atoms with Gasteiger partial charge < -0.3 is 5.73 Å². The van der Waals surface area contributed by atoms with Gasteiger partial charge in [0.25, 0.3) is 0 Å². The van der Waals surface area contributed by atoms with Crippen molar-refractivity contribution < 1.29 is 0 Å². The zero-order valence-corrected chi connectivity index (χ0v) is 8.50. The minimum atomic E-state index is 0.0848. The molecule has 2 rings (SSSR count). The van der Waals surface area contributed by atoms with E-state index in [1.54, 1.807) is 17.8 Å². The van der Waals surface area contributed by atoms with Gasteiger partial charge in [0, 0.05) is 16.2 Å². The van der Waals surface area contributed by atoms with Crippen molar-refractivity contribution in [2.24, 2.45) is 5.73 Å². The number of fused-ring (bicyclic) bond motifs is 1. The minimum Gasteiger partial charge on any atom is -0.384 e. The first-order valence-corrected chi connectivity index (χ1v) is 5.34. The van der Waals surface area contributed by atoms with E-state index in [2.05, 4.69) is 0 Å². The lowest BCUT2D eigenvalue weighted by Crippen LogP contribution is -2.11. The molecule has 0 radical (unpaired) electrons. The Morgan fingerprint density at radius 3 is 3.00 bits per heavy atom. The topological polar surface area (TPSA) is 49.9 Å². The monoisotopic (exact) mass is 212 g/mol. The van der Waals surface area contributed by atoms with E-state index in [1.165, 1.54) is 5.56 Å². The van der Waals surface area contributed by atoms with Gasteiger partial charge in [-0.3, -0.25) is 5.41 Å². The van der Waals surface area contributed by atoms with Crippen LogP contribution in [0.1, 0.15) is 11.1 Å². The highest BCUT2D eigenvalue weighted by Crippen LogP contribution is 2.37. The van der Waals surface area contributed by atoms with Gasteiger partial charge in [0.2, 0.25) is 0 Å². The van der Waals surface area contributed by atoms with Crippen molar-refractivity contribution in [3.8, 4) is 0 Å². The molecule has 0 fully saturated rings. The average Bonchev–Trinajstić information content (AvgIpc) is 2.51. The molecule has 0 spiro atoms. The molecule has 1 aromatic rings. The number of aryl methyl sites for hydroxylation is 1. The number of benzene rings is 1. The normalized spacial score (nSPS) is 14.2. The Labute approximate surface area is 86.0 Å². The molecule has 68 valence electrons. The van der Waals surface area contributed by atoms with Crippen LogP contribution in [-0.4, -0.2) is 11.6 Å². The minimum absolute atomic E-state index is 0.0848. The third-order valence-electron chi connectivity index (χ3n) is 2.05. The Bertz CT molecular complexity index is 376. The molecular formula is C9H9ClN2S. The van der Waals surface area contributed by atoms with Crippen molar-refractivity contribution in [3.63, 3.8) is 0 Å². The van der Waals surface area contributed by atoms with Gasteiger partial charge in [0.1, 0.15) is 5.84 Å². The summed E-state index contributed by atoms with van der Waals surface area (Å²) in [5.74, 6) is 1.16. The largest absolute Gasteiger partial charge is 0.384 e. The fraction of sp³-hybridized carbons (Fsp3) is 0.222. The van der Waals surface area contributed by atoms with Crippen LogP contribution in [-0.2, 0) is 6.42 Å². The van der Waals surface area contributed by atoms with Gasteiger partial charge in [0.15, 0.2) is 0 Å². The van der Waals surface area contributed by atoms with Crippen LogP contribution in [0.4, 0.5) is 0 Å². The number of hydrogen-bond acceptors (Lipinski definition) is 2. The predicted molar refractivity (Wildman–Crippen MR) is 56.9 cm³/mol. The lowest BCUT2D eigenvalue weighted by Gasteiger charge is -2.04. The Hall–Kier alpha value is -0.670. The Kier molecular flexibility index (Phi) is 2.22. The molecule has 4 heteroatoms. The highest BCUT2D eigenvalue weighted by molar-refractivity contribution is 7.99. The molecule has 0 aromatic heterocycles. The number of amidine groups is 1. The SMILES string of the molecule is N=C(N)c1cc(Cl)c2c(c1)CCS2. The van der Waals surface area contributed by atoms with E-state index >= 15 is 0 Å². The summed E-state index contributed by atoms with van der Waals surface area (Å²) in [6.07, 6.45) is 1.03. The van der Waals surface area contributed by atoms with Crippen LogP contribution in [0.2, 0.25) is 5.02 Å². The van der Waals surface area contributed by atoms with E-state index < -0.39 is 0 Å². The molecule has 13 heavy (non-hydrogen) atoms. The second kappa shape index (κ2) is 3.24. The van der Waals surface area contributed by atoms with Crippen molar-refractivity contribution in [1.29, 1.82) is 5.41 Å². The third-order valence-corrected chi connectivity index (χ3v) is 3.64. The Morgan fingerprint density at radius 2 is 2.31 bits per heavy atom. The van der Waals surface area contributed by atoms with Crippen LogP contribution in [0.25, 0.3) is 0 Å². The number of nitrogens with two attached hydrogens (primary N) is 1. The van der Waals surface area contributed by atoms with Gasteiger partial charge in [-0.15, -0.1) is 11.8 Å². The molecule has 1 heterocycles. The molecule has 0 unspecified atom stereocenters. The van der Waals surface area contributed by atoms with Crippen molar-refractivity contribution in [3.05, 3.63) is 28.3 Å². The summed E-state index contributed by atoms with van der Waals surface area (Å²) >= 11 is 7.82. The van der Waals surface area contributed by atoms with E-state index in [-0.39, 0.29) is 5.84 Å². The zero-order valence-electron chi connectivity index (χ0n) is 6.93. The lowest BCUT2D eigenvalue weighted by atomic mass is 10.1. The quantitative estimate of drug-likeness (QED) is 0.554. The third kappa shape index (κ3) is 1.54. The predicted octanol–water partition coefficient (Wildman–Crippen LogP) is 2.27. The average molecular weight is 213 g/mol. The number of nitrogens with one attached hydrogen (secondary N) is 1. The smallest absolute Gasteiger partial charge is 0.122 e. The highest BCUT2D eigenvalue weighted by atomic mass is 35.5. The number of rotatable bonds is 1. The maximum atomic E-state index is 7.31. The maximum Gasteiger partial charge on any atom is 0.122 e. The summed E-state index contributed by atoms with van der Waals surface area (Å²) in [4.78, 5) is 1.16. The number of halogens is 1. The highest BCUT2D eigenvalue weighted by Gasteiger charge is 2.16. The summed E-state index contributed by atoms with van der Waals surface area (Å²) < 4.78 is 0. The molecule has 3 N–H and O–H groups in total. The lowest BCUT2D eigenvalue weighted by molar-refractivity contribution is 1.14. The van der Waals surface area contributed by atoms with Gasteiger partial charge in [-0.2, -0.15) is 0 Å². The van der Waals surface area contributed by atoms with Crippen LogP contribution >= 0.6 is 23.4 Å². The van der Waals surface area contributed by atoms with E-state index in [4.69, 9.17) is 22.7 Å². The molecule has 0 bridgehead atoms. The molecular weight excluding hydrogens is 204 g/mol. The van der Waals surface area contributed by atoms with Gasteiger partial charge in [-0.05, 0) is 24.1 Å². The molecule has 1 aliphatic rings.